The molecule has 0 saturated carbocycles. The normalized spacial score (nSPS) is 20.5. The van der Waals surface area contributed by atoms with Crippen LogP contribution in [0.2, 0.25) is 0 Å². The maximum Gasteiger partial charge on any atom is 0.333 e. The van der Waals surface area contributed by atoms with Gasteiger partial charge < -0.3 is 0 Å². The molecule has 0 aliphatic carbocycles. The summed E-state index contributed by atoms with van der Waals surface area (Å²) in [7, 11) is 2.66. The summed E-state index contributed by atoms with van der Waals surface area (Å²) < 4.78 is 0. The Hall–Kier alpha value is -3.16. The fourth-order valence-electron chi connectivity index (χ4n) is 3.31. The standard InChI is InChI=1S/C19H22N4O4/c1-4-8-15(24)23-14(12-9-6-5-7-10-12)11-13(20-23)16-17(25)21(2)19(27)22(3)18(16)26/h5-7,9-10,14,20H,4,8,11H2,1-3H3. The highest BCUT2D eigenvalue weighted by Crippen LogP contribution is 2.35. The van der Waals surface area contributed by atoms with Gasteiger partial charge in [0.2, 0.25) is 5.91 Å². The van der Waals surface area contributed by atoms with Crippen molar-refractivity contribution < 1.29 is 19.2 Å². The Morgan fingerprint density at radius 1 is 1.07 bits per heavy atom. The fourth-order valence-corrected chi connectivity index (χ4v) is 3.31. The van der Waals surface area contributed by atoms with Crippen LogP contribution in [-0.4, -0.2) is 52.7 Å². The van der Waals surface area contributed by atoms with E-state index >= 15 is 0 Å². The van der Waals surface area contributed by atoms with E-state index in [-0.39, 0.29) is 17.5 Å². The second-order valence-corrected chi connectivity index (χ2v) is 6.62. The molecular formula is C19H22N4O4. The first-order chi connectivity index (χ1) is 12.9. The lowest BCUT2D eigenvalue weighted by Gasteiger charge is -2.30. The molecule has 2 heterocycles. The molecule has 1 atom stereocenters. The van der Waals surface area contributed by atoms with Crippen molar-refractivity contribution in [3.05, 3.63) is 47.2 Å². The molecule has 27 heavy (non-hydrogen) atoms. The minimum atomic E-state index is -0.675. The highest BCUT2D eigenvalue weighted by atomic mass is 16.2. The van der Waals surface area contributed by atoms with Gasteiger partial charge in [-0.2, -0.15) is 0 Å². The molecule has 1 aromatic rings. The Morgan fingerprint density at radius 2 is 1.67 bits per heavy atom. The summed E-state index contributed by atoms with van der Waals surface area (Å²) in [5, 5.41) is 1.48. The lowest BCUT2D eigenvalue weighted by molar-refractivity contribution is -0.136. The minimum Gasteiger partial charge on any atom is -0.298 e. The highest BCUT2D eigenvalue weighted by Gasteiger charge is 2.43. The molecule has 2 aliphatic heterocycles. The SMILES string of the molecule is CCCC(=O)N1NC(=C2C(=O)N(C)C(=O)N(C)C2=O)CC1c1ccccc1. The van der Waals surface area contributed by atoms with Gasteiger partial charge in [-0.1, -0.05) is 37.3 Å². The Balaban J connectivity index is 2.03. The average molecular weight is 370 g/mol. The van der Waals surface area contributed by atoms with E-state index in [1.165, 1.54) is 19.1 Å². The van der Waals surface area contributed by atoms with Crippen molar-refractivity contribution in [1.29, 1.82) is 0 Å². The molecule has 8 heteroatoms. The zero-order chi connectivity index (χ0) is 19.7. The molecule has 8 nitrogen and oxygen atoms in total. The number of urea groups is 1. The van der Waals surface area contributed by atoms with Gasteiger partial charge >= 0.3 is 6.03 Å². The van der Waals surface area contributed by atoms with Crippen LogP contribution in [0, 0.1) is 0 Å². The first-order valence-electron chi connectivity index (χ1n) is 8.83. The second kappa shape index (κ2) is 7.22. The molecule has 2 aliphatic rings. The minimum absolute atomic E-state index is 0.104. The number of rotatable bonds is 3. The molecule has 142 valence electrons. The van der Waals surface area contributed by atoms with E-state index < -0.39 is 17.8 Å². The monoisotopic (exact) mass is 370 g/mol. The van der Waals surface area contributed by atoms with Crippen molar-refractivity contribution >= 4 is 23.8 Å². The quantitative estimate of drug-likeness (QED) is 0.644. The first-order valence-corrected chi connectivity index (χ1v) is 8.83. The molecule has 3 rings (SSSR count). The molecule has 0 bridgehead atoms. The Kier molecular flexibility index (Phi) is 4.98. The van der Waals surface area contributed by atoms with Gasteiger partial charge in [0.15, 0.2) is 0 Å². The van der Waals surface area contributed by atoms with Crippen molar-refractivity contribution in [3.8, 4) is 0 Å². The molecule has 0 radical (unpaired) electrons. The number of hydrogen-bond acceptors (Lipinski definition) is 5. The van der Waals surface area contributed by atoms with Crippen LogP contribution in [0.3, 0.4) is 0 Å². The molecule has 5 amide bonds. The Bertz CT molecular complexity index is 807. The number of nitrogens with one attached hydrogen (secondary N) is 1. The summed E-state index contributed by atoms with van der Waals surface area (Å²) in [6, 6.07) is 8.43. The van der Waals surface area contributed by atoms with Crippen LogP contribution in [0.1, 0.15) is 37.8 Å². The van der Waals surface area contributed by atoms with Gasteiger partial charge in [0, 0.05) is 26.9 Å². The molecule has 1 unspecified atom stereocenters. The number of carbonyl (C=O) groups excluding carboxylic acids is 4. The van der Waals surface area contributed by atoms with Crippen LogP contribution in [0.5, 0.6) is 0 Å². The largest absolute Gasteiger partial charge is 0.333 e. The number of benzene rings is 1. The maximum atomic E-state index is 12.6. The van der Waals surface area contributed by atoms with Crippen molar-refractivity contribution in [3.63, 3.8) is 0 Å². The zero-order valence-corrected chi connectivity index (χ0v) is 15.6. The molecule has 0 aromatic heterocycles. The zero-order valence-electron chi connectivity index (χ0n) is 15.6. The number of hydrogen-bond donors (Lipinski definition) is 1. The summed E-state index contributed by atoms with van der Waals surface area (Å²) in [4.78, 5) is 51.5. The van der Waals surface area contributed by atoms with Crippen LogP contribution in [-0.2, 0) is 14.4 Å². The van der Waals surface area contributed by atoms with Crippen molar-refractivity contribution in [2.45, 2.75) is 32.2 Å². The molecular weight excluding hydrogens is 348 g/mol. The summed E-state index contributed by atoms with van der Waals surface area (Å²) in [6.45, 7) is 1.91. The first kappa shape index (κ1) is 18.6. The van der Waals surface area contributed by atoms with Gasteiger partial charge in [0.05, 0.1) is 11.7 Å². The third-order valence-corrected chi connectivity index (χ3v) is 4.79. The fraction of sp³-hybridized carbons (Fsp3) is 0.368. The number of imide groups is 2. The van der Waals surface area contributed by atoms with E-state index in [2.05, 4.69) is 5.43 Å². The van der Waals surface area contributed by atoms with Crippen LogP contribution >= 0.6 is 0 Å². The summed E-state index contributed by atoms with van der Waals surface area (Å²) >= 11 is 0. The summed E-state index contributed by atoms with van der Waals surface area (Å²) in [5.74, 6) is -1.44. The predicted octanol–water partition coefficient (Wildman–Crippen LogP) is 1.57. The number of likely N-dealkylation sites (N-methyl/N-ethyl adjacent to an activating group) is 2. The lowest BCUT2D eigenvalue weighted by atomic mass is 9.99. The van der Waals surface area contributed by atoms with Gasteiger partial charge in [0.25, 0.3) is 11.8 Å². The van der Waals surface area contributed by atoms with E-state index in [4.69, 9.17) is 0 Å². The Morgan fingerprint density at radius 3 is 2.22 bits per heavy atom. The second-order valence-electron chi connectivity index (χ2n) is 6.62. The number of nitrogens with zero attached hydrogens (tertiary/aromatic N) is 3. The van der Waals surface area contributed by atoms with E-state index in [1.54, 1.807) is 0 Å². The van der Waals surface area contributed by atoms with E-state index in [0.717, 1.165) is 15.4 Å². The molecule has 2 saturated heterocycles. The molecule has 1 aromatic carbocycles. The van der Waals surface area contributed by atoms with Crippen LogP contribution in [0.15, 0.2) is 41.6 Å². The number of amides is 5. The van der Waals surface area contributed by atoms with Gasteiger partial charge in [-0.3, -0.25) is 29.6 Å². The van der Waals surface area contributed by atoms with E-state index in [9.17, 15) is 19.2 Å². The van der Waals surface area contributed by atoms with E-state index in [0.29, 0.717) is 25.0 Å². The number of barbiturate groups is 1. The predicted molar refractivity (Wildman–Crippen MR) is 96.7 cm³/mol. The summed E-state index contributed by atoms with van der Waals surface area (Å²) in [6.07, 6.45) is 1.32. The van der Waals surface area contributed by atoms with Crippen molar-refractivity contribution in [2.24, 2.45) is 0 Å². The topological polar surface area (TPSA) is 90.0 Å². The Labute approximate surface area is 157 Å². The average Bonchev–Trinajstić information content (AvgIpc) is 3.11. The van der Waals surface area contributed by atoms with Gasteiger partial charge in [-0.25, -0.2) is 9.80 Å². The number of hydrazine groups is 1. The van der Waals surface area contributed by atoms with Crippen molar-refractivity contribution in [2.75, 3.05) is 14.1 Å². The van der Waals surface area contributed by atoms with Crippen LogP contribution in [0.25, 0.3) is 0 Å². The van der Waals surface area contributed by atoms with Gasteiger partial charge in [0.1, 0.15) is 5.57 Å². The summed E-state index contributed by atoms with van der Waals surface area (Å²) in [5.41, 5.74) is 4.12. The molecule has 0 spiro atoms. The third kappa shape index (κ3) is 3.18. The van der Waals surface area contributed by atoms with Gasteiger partial charge in [-0.05, 0) is 12.0 Å². The van der Waals surface area contributed by atoms with Gasteiger partial charge in [-0.15, -0.1) is 0 Å². The smallest absolute Gasteiger partial charge is 0.298 e. The maximum absolute atomic E-state index is 12.6. The van der Waals surface area contributed by atoms with Crippen molar-refractivity contribution in [1.82, 2.24) is 20.2 Å². The van der Waals surface area contributed by atoms with Crippen LogP contribution in [0.4, 0.5) is 4.79 Å². The highest BCUT2D eigenvalue weighted by molar-refractivity contribution is 6.28. The number of carbonyl (C=O) groups is 4. The lowest BCUT2D eigenvalue weighted by Crippen LogP contribution is -2.54. The molecule has 2 fully saturated rings. The molecule has 1 N–H and O–H groups in total. The third-order valence-electron chi connectivity index (χ3n) is 4.79. The van der Waals surface area contributed by atoms with E-state index in [1.807, 2.05) is 37.3 Å². The van der Waals surface area contributed by atoms with Crippen LogP contribution < -0.4 is 5.43 Å².